The Hall–Kier alpha value is -1.26. The van der Waals surface area contributed by atoms with Crippen molar-refractivity contribution in [2.24, 2.45) is 11.7 Å². The molecule has 0 heterocycles. The minimum absolute atomic E-state index is 0.00551. The Kier molecular flexibility index (Phi) is 3.33. The third-order valence-corrected chi connectivity index (χ3v) is 2.20. The van der Waals surface area contributed by atoms with Crippen LogP contribution in [0.1, 0.15) is 26.7 Å². The lowest BCUT2D eigenvalue weighted by Gasteiger charge is -2.20. The van der Waals surface area contributed by atoms with Crippen LogP contribution < -0.4 is 16.4 Å². The number of nitrogens with two attached hydrogens (primary N) is 1. The number of carbonyl (C=O) groups excluding carboxylic acids is 1. The molecule has 1 aliphatic rings. The highest BCUT2D eigenvalue weighted by Crippen LogP contribution is 2.18. The zero-order chi connectivity index (χ0) is 10.7. The van der Waals surface area contributed by atoms with Crippen LogP contribution in [0.4, 0.5) is 4.79 Å². The molecule has 0 aromatic carbocycles. The van der Waals surface area contributed by atoms with Crippen LogP contribution in [0, 0.1) is 11.3 Å². The van der Waals surface area contributed by atoms with Gasteiger partial charge in [0.15, 0.2) is 0 Å². The fourth-order valence-corrected chi connectivity index (χ4v) is 1.20. The number of urea groups is 1. The van der Waals surface area contributed by atoms with Crippen molar-refractivity contribution in [2.45, 2.75) is 38.8 Å². The van der Waals surface area contributed by atoms with Crippen molar-refractivity contribution in [2.75, 3.05) is 0 Å². The maximum Gasteiger partial charge on any atom is 0.315 e. The molecule has 1 saturated carbocycles. The third-order valence-electron chi connectivity index (χ3n) is 2.20. The fourth-order valence-electron chi connectivity index (χ4n) is 1.20. The van der Waals surface area contributed by atoms with E-state index in [1.165, 1.54) is 0 Å². The van der Waals surface area contributed by atoms with E-state index in [9.17, 15) is 4.79 Å². The Labute approximate surface area is 83.9 Å². The number of carbonyl (C=O) groups is 1. The Morgan fingerprint density at radius 3 is 2.43 bits per heavy atom. The van der Waals surface area contributed by atoms with Gasteiger partial charge >= 0.3 is 6.03 Å². The van der Waals surface area contributed by atoms with E-state index in [0.29, 0.717) is 6.04 Å². The molecule has 5 heteroatoms. The number of hydrogen-bond acceptors (Lipinski definition) is 2. The predicted octanol–water partition coefficient (Wildman–Crippen LogP) is 0.409. The van der Waals surface area contributed by atoms with Crippen molar-refractivity contribution in [3.63, 3.8) is 0 Å². The van der Waals surface area contributed by atoms with E-state index in [4.69, 9.17) is 11.1 Å². The largest absolute Gasteiger partial charge is 0.386 e. The first-order valence-corrected chi connectivity index (χ1v) is 4.91. The average molecular weight is 198 g/mol. The Morgan fingerprint density at radius 1 is 1.50 bits per heavy atom. The van der Waals surface area contributed by atoms with E-state index in [1.54, 1.807) is 0 Å². The Balaban J connectivity index is 2.37. The van der Waals surface area contributed by atoms with Crippen molar-refractivity contribution < 1.29 is 4.79 Å². The van der Waals surface area contributed by atoms with Crippen LogP contribution in [0.3, 0.4) is 0 Å². The minimum atomic E-state index is -0.367. The van der Waals surface area contributed by atoms with Crippen LogP contribution in [0.25, 0.3) is 0 Å². The SMILES string of the molecule is CC(C)C(NC(=O)NC1CC1)C(=N)N. The first kappa shape index (κ1) is 10.8. The average Bonchev–Trinajstić information content (AvgIpc) is 2.82. The van der Waals surface area contributed by atoms with E-state index >= 15 is 0 Å². The maximum absolute atomic E-state index is 11.3. The van der Waals surface area contributed by atoms with Crippen molar-refractivity contribution in [1.82, 2.24) is 10.6 Å². The molecule has 2 amide bonds. The third kappa shape index (κ3) is 3.24. The molecule has 0 spiro atoms. The summed E-state index contributed by atoms with van der Waals surface area (Å²) in [5, 5.41) is 12.8. The van der Waals surface area contributed by atoms with Gasteiger partial charge in [-0.2, -0.15) is 0 Å². The molecule has 0 aliphatic heterocycles. The van der Waals surface area contributed by atoms with Gasteiger partial charge in [0.1, 0.15) is 5.84 Å². The van der Waals surface area contributed by atoms with E-state index in [-0.39, 0.29) is 23.8 Å². The first-order chi connectivity index (χ1) is 6.50. The van der Waals surface area contributed by atoms with Gasteiger partial charge in [-0.15, -0.1) is 0 Å². The topological polar surface area (TPSA) is 91.0 Å². The molecule has 5 nitrogen and oxygen atoms in total. The molecule has 0 saturated heterocycles. The van der Waals surface area contributed by atoms with Crippen molar-refractivity contribution in [1.29, 1.82) is 5.41 Å². The monoisotopic (exact) mass is 198 g/mol. The molecule has 80 valence electrons. The summed E-state index contributed by atoms with van der Waals surface area (Å²) in [7, 11) is 0. The summed E-state index contributed by atoms with van der Waals surface area (Å²) in [6, 6.07) is -0.259. The molecule has 1 aliphatic carbocycles. The highest BCUT2D eigenvalue weighted by atomic mass is 16.2. The zero-order valence-electron chi connectivity index (χ0n) is 8.63. The van der Waals surface area contributed by atoms with E-state index in [2.05, 4.69) is 10.6 Å². The Morgan fingerprint density at radius 2 is 2.07 bits per heavy atom. The van der Waals surface area contributed by atoms with Gasteiger partial charge in [-0.05, 0) is 18.8 Å². The van der Waals surface area contributed by atoms with Crippen LogP contribution in [0.15, 0.2) is 0 Å². The highest BCUT2D eigenvalue weighted by molar-refractivity contribution is 5.88. The maximum atomic E-state index is 11.3. The molecule has 14 heavy (non-hydrogen) atoms. The summed E-state index contributed by atoms with van der Waals surface area (Å²) in [6.07, 6.45) is 2.11. The summed E-state index contributed by atoms with van der Waals surface area (Å²) in [4.78, 5) is 11.3. The summed E-state index contributed by atoms with van der Waals surface area (Å²) in [5.74, 6) is 0.142. The lowest BCUT2D eigenvalue weighted by atomic mass is 10.0. The summed E-state index contributed by atoms with van der Waals surface area (Å²) in [6.45, 7) is 3.84. The van der Waals surface area contributed by atoms with Gasteiger partial charge in [0.05, 0.1) is 6.04 Å². The predicted molar refractivity (Wildman–Crippen MR) is 55.2 cm³/mol. The van der Waals surface area contributed by atoms with E-state index in [1.807, 2.05) is 13.8 Å². The van der Waals surface area contributed by atoms with Crippen LogP contribution in [-0.2, 0) is 0 Å². The van der Waals surface area contributed by atoms with Crippen molar-refractivity contribution >= 4 is 11.9 Å². The number of rotatable bonds is 4. The van der Waals surface area contributed by atoms with Gasteiger partial charge in [-0.3, -0.25) is 5.41 Å². The zero-order valence-corrected chi connectivity index (χ0v) is 8.63. The van der Waals surface area contributed by atoms with Gasteiger partial charge in [-0.25, -0.2) is 4.79 Å². The summed E-state index contributed by atoms with van der Waals surface area (Å²) < 4.78 is 0. The molecule has 0 bridgehead atoms. The molecule has 0 radical (unpaired) electrons. The normalized spacial score (nSPS) is 17.6. The number of hydrogen-bond donors (Lipinski definition) is 4. The molecule has 0 aromatic rings. The molecule has 1 fully saturated rings. The van der Waals surface area contributed by atoms with Crippen molar-refractivity contribution in [3.05, 3.63) is 0 Å². The van der Waals surface area contributed by atoms with Gasteiger partial charge in [-0.1, -0.05) is 13.8 Å². The number of amides is 2. The molecule has 1 atom stereocenters. The van der Waals surface area contributed by atoms with Crippen LogP contribution in [-0.4, -0.2) is 24.0 Å². The summed E-state index contributed by atoms with van der Waals surface area (Å²) >= 11 is 0. The highest BCUT2D eigenvalue weighted by Gasteiger charge is 2.25. The minimum Gasteiger partial charge on any atom is -0.386 e. The van der Waals surface area contributed by atoms with Crippen LogP contribution in [0.2, 0.25) is 0 Å². The Bertz CT molecular complexity index is 235. The fraction of sp³-hybridized carbons (Fsp3) is 0.778. The van der Waals surface area contributed by atoms with Crippen molar-refractivity contribution in [3.8, 4) is 0 Å². The molecular weight excluding hydrogens is 180 g/mol. The first-order valence-electron chi connectivity index (χ1n) is 4.91. The van der Waals surface area contributed by atoms with Gasteiger partial charge in [0, 0.05) is 6.04 Å². The van der Waals surface area contributed by atoms with E-state index in [0.717, 1.165) is 12.8 Å². The summed E-state index contributed by atoms with van der Waals surface area (Å²) in [5.41, 5.74) is 5.37. The smallest absolute Gasteiger partial charge is 0.315 e. The molecule has 5 N–H and O–H groups in total. The second kappa shape index (κ2) is 4.30. The number of amidine groups is 1. The quantitative estimate of drug-likeness (QED) is 0.389. The molecule has 1 rings (SSSR count). The lowest BCUT2D eigenvalue weighted by Crippen LogP contribution is -2.51. The van der Waals surface area contributed by atoms with Crippen LogP contribution in [0.5, 0.6) is 0 Å². The lowest BCUT2D eigenvalue weighted by molar-refractivity contribution is 0.236. The van der Waals surface area contributed by atoms with Gasteiger partial charge < -0.3 is 16.4 Å². The molecular formula is C9H18N4O. The number of nitrogens with one attached hydrogen (secondary N) is 3. The van der Waals surface area contributed by atoms with E-state index < -0.39 is 0 Å². The van der Waals surface area contributed by atoms with Gasteiger partial charge in [0.25, 0.3) is 0 Å². The van der Waals surface area contributed by atoms with Crippen LogP contribution >= 0.6 is 0 Å². The molecule has 1 unspecified atom stereocenters. The standard InChI is InChI=1S/C9H18N4O/c1-5(2)7(8(10)11)13-9(14)12-6-3-4-6/h5-7H,3-4H2,1-2H3,(H3,10,11)(H2,12,13,14). The second-order valence-electron chi connectivity index (χ2n) is 4.07. The van der Waals surface area contributed by atoms with Gasteiger partial charge in [0.2, 0.25) is 0 Å². The molecule has 0 aromatic heterocycles. The second-order valence-corrected chi connectivity index (χ2v) is 4.07.